The van der Waals surface area contributed by atoms with E-state index >= 15 is 0 Å². The third-order valence-corrected chi connectivity index (χ3v) is 2.96. The monoisotopic (exact) mass is 348 g/mol. The molecule has 0 atom stereocenters. The summed E-state index contributed by atoms with van der Waals surface area (Å²) >= 11 is 0. The predicted octanol–water partition coefficient (Wildman–Crippen LogP) is 2.53. The molecule has 0 spiro atoms. The van der Waals surface area contributed by atoms with E-state index in [0.717, 1.165) is 10.7 Å². The highest BCUT2D eigenvalue weighted by molar-refractivity contribution is 5.92. The number of rotatable bonds is 6. The summed E-state index contributed by atoms with van der Waals surface area (Å²) in [7, 11) is 0. The van der Waals surface area contributed by atoms with Gasteiger partial charge in [0.15, 0.2) is 0 Å². The van der Waals surface area contributed by atoms with E-state index in [0.29, 0.717) is 0 Å². The van der Waals surface area contributed by atoms with Gasteiger partial charge in [0.1, 0.15) is 17.9 Å². The van der Waals surface area contributed by atoms with Crippen LogP contribution >= 0.6 is 0 Å². The third-order valence-electron chi connectivity index (χ3n) is 2.96. The van der Waals surface area contributed by atoms with Crippen molar-refractivity contribution in [2.24, 2.45) is 0 Å². The second kappa shape index (κ2) is 7.37. The summed E-state index contributed by atoms with van der Waals surface area (Å²) < 4.78 is 62.9. The Kier molecular flexibility index (Phi) is 5.47. The topological polar surface area (TPSA) is 59.8 Å². The highest BCUT2D eigenvalue weighted by atomic mass is 19.4. The van der Waals surface area contributed by atoms with E-state index in [1.165, 1.54) is 24.4 Å². The van der Waals surface area contributed by atoms with Gasteiger partial charge in [-0.3, -0.25) is 9.48 Å². The van der Waals surface area contributed by atoms with Gasteiger partial charge in [-0.2, -0.15) is 18.3 Å². The third kappa shape index (κ3) is 5.00. The largest absolute Gasteiger partial charge is 0.433 e. The van der Waals surface area contributed by atoms with Gasteiger partial charge in [-0.25, -0.2) is 13.8 Å². The number of halogens is 5. The maximum Gasteiger partial charge on any atom is 0.433 e. The Morgan fingerprint density at radius 1 is 1.25 bits per heavy atom. The lowest BCUT2D eigenvalue weighted by Crippen LogP contribution is -2.26. The first kappa shape index (κ1) is 17.8. The molecule has 0 fully saturated rings. The number of carbonyl (C=O) groups is 1. The van der Waals surface area contributed by atoms with E-state index < -0.39 is 30.7 Å². The summed E-state index contributed by atoms with van der Waals surface area (Å²) in [5.41, 5.74) is -0.877. The average molecular weight is 348 g/mol. The summed E-state index contributed by atoms with van der Waals surface area (Å²) in [6.07, 6.45) is -5.78. The fourth-order valence-corrected chi connectivity index (χ4v) is 1.90. The van der Waals surface area contributed by atoms with Crippen molar-refractivity contribution in [1.29, 1.82) is 0 Å². The molecular weight excluding hydrogens is 335 g/mol. The smallest absolute Gasteiger partial charge is 0.350 e. The first-order valence-electron chi connectivity index (χ1n) is 6.88. The van der Waals surface area contributed by atoms with Gasteiger partial charge in [0, 0.05) is 24.9 Å². The Bertz CT molecular complexity index is 698. The molecule has 24 heavy (non-hydrogen) atoms. The fourth-order valence-electron chi connectivity index (χ4n) is 1.90. The highest BCUT2D eigenvalue weighted by Gasteiger charge is 2.32. The molecule has 0 bridgehead atoms. The normalized spacial score (nSPS) is 11.8. The Labute approximate surface area is 133 Å². The van der Waals surface area contributed by atoms with Crippen molar-refractivity contribution in [3.63, 3.8) is 0 Å². The molecule has 0 aliphatic rings. The van der Waals surface area contributed by atoms with Gasteiger partial charge < -0.3 is 5.32 Å². The molecule has 1 amide bonds. The van der Waals surface area contributed by atoms with Crippen molar-refractivity contribution < 1.29 is 26.7 Å². The molecule has 0 radical (unpaired) electrons. The van der Waals surface area contributed by atoms with Crippen LogP contribution in [0.5, 0.6) is 0 Å². The lowest BCUT2D eigenvalue weighted by Gasteiger charge is -2.08. The standard InChI is InChI=1S/C14H13F5N4O/c15-12(16)8-23-7-5-10(22-23)13(24)20-6-4-9-2-1-3-11(21-9)14(17,18)19/h1-3,5,7,12H,4,6,8H2,(H,20,24). The first-order chi connectivity index (χ1) is 11.3. The summed E-state index contributed by atoms with van der Waals surface area (Å²) in [6.45, 7) is -0.587. The molecule has 0 saturated carbocycles. The molecular formula is C14H13F5N4O. The Morgan fingerprint density at radius 2 is 2.00 bits per heavy atom. The van der Waals surface area contributed by atoms with Crippen LogP contribution in [-0.4, -0.2) is 33.6 Å². The molecule has 2 aromatic heterocycles. The van der Waals surface area contributed by atoms with E-state index in [2.05, 4.69) is 15.4 Å². The molecule has 0 aliphatic heterocycles. The second-order valence-corrected chi connectivity index (χ2v) is 4.83. The van der Waals surface area contributed by atoms with Crippen LogP contribution in [0.3, 0.4) is 0 Å². The minimum Gasteiger partial charge on any atom is -0.350 e. The number of alkyl halides is 5. The van der Waals surface area contributed by atoms with Gasteiger partial charge >= 0.3 is 6.18 Å². The van der Waals surface area contributed by atoms with Crippen LogP contribution < -0.4 is 5.32 Å². The quantitative estimate of drug-likeness (QED) is 0.816. The van der Waals surface area contributed by atoms with Crippen LogP contribution in [0.4, 0.5) is 22.0 Å². The van der Waals surface area contributed by atoms with Crippen LogP contribution in [0.1, 0.15) is 21.9 Å². The fraction of sp³-hybridized carbons (Fsp3) is 0.357. The van der Waals surface area contributed by atoms with Gasteiger partial charge in [0.25, 0.3) is 12.3 Å². The SMILES string of the molecule is O=C(NCCc1cccc(C(F)(F)F)n1)c1ccn(CC(F)F)n1. The minimum atomic E-state index is -4.53. The summed E-state index contributed by atoms with van der Waals surface area (Å²) in [5, 5.41) is 6.13. The van der Waals surface area contributed by atoms with Crippen LogP contribution in [-0.2, 0) is 19.1 Å². The molecule has 0 aromatic carbocycles. The molecule has 0 saturated heterocycles. The molecule has 2 rings (SSSR count). The zero-order valence-corrected chi connectivity index (χ0v) is 12.2. The number of aromatic nitrogens is 3. The highest BCUT2D eigenvalue weighted by Crippen LogP contribution is 2.27. The Morgan fingerprint density at radius 3 is 2.67 bits per heavy atom. The van der Waals surface area contributed by atoms with Crippen LogP contribution in [0.25, 0.3) is 0 Å². The van der Waals surface area contributed by atoms with Crippen molar-refractivity contribution >= 4 is 5.91 Å². The Hall–Kier alpha value is -2.52. The molecule has 0 aliphatic carbocycles. The van der Waals surface area contributed by atoms with E-state index in [1.54, 1.807) is 0 Å². The predicted molar refractivity (Wildman–Crippen MR) is 73.5 cm³/mol. The second-order valence-electron chi connectivity index (χ2n) is 4.83. The van der Waals surface area contributed by atoms with Gasteiger partial charge in [0.05, 0.1) is 0 Å². The number of carbonyl (C=O) groups excluding carboxylic acids is 1. The van der Waals surface area contributed by atoms with E-state index in [1.807, 2.05) is 0 Å². The van der Waals surface area contributed by atoms with Crippen LogP contribution in [0, 0.1) is 0 Å². The average Bonchev–Trinajstić information content (AvgIpc) is 2.94. The Balaban J connectivity index is 1.88. The number of hydrogen-bond acceptors (Lipinski definition) is 3. The maximum absolute atomic E-state index is 12.5. The molecule has 2 heterocycles. The zero-order chi connectivity index (χ0) is 17.7. The molecule has 2 aromatic rings. The zero-order valence-electron chi connectivity index (χ0n) is 12.2. The number of amides is 1. The van der Waals surface area contributed by atoms with E-state index in [-0.39, 0.29) is 24.4 Å². The van der Waals surface area contributed by atoms with E-state index in [9.17, 15) is 26.7 Å². The molecule has 1 N–H and O–H groups in total. The van der Waals surface area contributed by atoms with Crippen molar-refractivity contribution in [2.45, 2.75) is 25.6 Å². The number of nitrogens with one attached hydrogen (secondary N) is 1. The van der Waals surface area contributed by atoms with Gasteiger partial charge in [-0.1, -0.05) is 6.07 Å². The first-order valence-corrected chi connectivity index (χ1v) is 6.88. The van der Waals surface area contributed by atoms with Gasteiger partial charge in [-0.15, -0.1) is 0 Å². The summed E-state index contributed by atoms with van der Waals surface area (Å²) in [4.78, 5) is 15.3. The van der Waals surface area contributed by atoms with Gasteiger partial charge in [0.2, 0.25) is 0 Å². The van der Waals surface area contributed by atoms with Crippen LogP contribution in [0.2, 0.25) is 0 Å². The minimum absolute atomic E-state index is 0.0366. The summed E-state index contributed by atoms with van der Waals surface area (Å²) in [6, 6.07) is 4.79. The van der Waals surface area contributed by atoms with Crippen LogP contribution in [0.15, 0.2) is 30.5 Å². The number of hydrogen-bond donors (Lipinski definition) is 1. The molecule has 5 nitrogen and oxygen atoms in total. The van der Waals surface area contributed by atoms with Gasteiger partial charge in [-0.05, 0) is 18.2 Å². The van der Waals surface area contributed by atoms with Crippen molar-refractivity contribution in [2.75, 3.05) is 6.54 Å². The number of pyridine rings is 1. The summed E-state index contributed by atoms with van der Waals surface area (Å²) in [5.74, 6) is -0.602. The van der Waals surface area contributed by atoms with Crippen molar-refractivity contribution in [1.82, 2.24) is 20.1 Å². The van der Waals surface area contributed by atoms with E-state index in [4.69, 9.17) is 0 Å². The number of nitrogens with zero attached hydrogens (tertiary/aromatic N) is 3. The van der Waals surface area contributed by atoms with Crippen molar-refractivity contribution in [3.8, 4) is 0 Å². The molecule has 130 valence electrons. The van der Waals surface area contributed by atoms with Crippen molar-refractivity contribution in [3.05, 3.63) is 47.5 Å². The maximum atomic E-state index is 12.5. The molecule has 0 unspecified atom stereocenters. The molecule has 10 heteroatoms. The lowest BCUT2D eigenvalue weighted by molar-refractivity contribution is -0.141. The lowest BCUT2D eigenvalue weighted by atomic mass is 10.2.